The van der Waals surface area contributed by atoms with Gasteiger partial charge in [-0.15, -0.1) is 13.2 Å². The largest absolute Gasteiger partial charge is 0.573 e. The van der Waals surface area contributed by atoms with Crippen LogP contribution in [0.2, 0.25) is 5.02 Å². The van der Waals surface area contributed by atoms with E-state index in [1.54, 1.807) is 6.92 Å². The van der Waals surface area contributed by atoms with Gasteiger partial charge in [0.05, 0.1) is 5.02 Å². The molecule has 3 rings (SSSR count). The number of ether oxygens (including phenoxy) is 2. The van der Waals surface area contributed by atoms with Gasteiger partial charge in [-0.2, -0.15) is 0 Å². The van der Waals surface area contributed by atoms with Gasteiger partial charge in [-0.05, 0) is 55.0 Å². The molecular formula is C22H15ClF4N2O4. The summed E-state index contributed by atoms with van der Waals surface area (Å²) in [6.45, 7) is 2.93. The zero-order valence-corrected chi connectivity index (χ0v) is 17.8. The minimum absolute atomic E-state index is 0.0132. The van der Waals surface area contributed by atoms with Crippen LogP contribution in [-0.4, -0.2) is 23.0 Å². The number of Topliss-reactive ketones (excluding diaryl/α,β-unsaturated/α-hetero) is 1. The van der Waals surface area contributed by atoms with Gasteiger partial charge in [0.15, 0.2) is 11.6 Å². The van der Waals surface area contributed by atoms with E-state index in [2.05, 4.69) is 15.0 Å². The summed E-state index contributed by atoms with van der Waals surface area (Å²) < 4.78 is 61.0. The molecule has 0 spiro atoms. The summed E-state index contributed by atoms with van der Waals surface area (Å²) in [6.07, 6.45) is -3.48. The van der Waals surface area contributed by atoms with Crippen LogP contribution in [0.3, 0.4) is 0 Å². The number of nitrogens with one attached hydrogen (secondary N) is 1. The Balaban J connectivity index is 1.91. The molecular weight excluding hydrogens is 468 g/mol. The lowest BCUT2D eigenvalue weighted by Crippen LogP contribution is -2.17. The van der Waals surface area contributed by atoms with Crippen molar-refractivity contribution < 1.29 is 36.6 Å². The van der Waals surface area contributed by atoms with E-state index in [1.807, 2.05) is 0 Å². The van der Waals surface area contributed by atoms with E-state index in [-0.39, 0.29) is 33.7 Å². The molecule has 0 radical (unpaired) electrons. The van der Waals surface area contributed by atoms with Crippen LogP contribution in [0, 0.1) is 12.7 Å². The average Bonchev–Trinajstić information content (AvgIpc) is 2.72. The maximum atomic E-state index is 14.8. The molecule has 0 bridgehead atoms. The van der Waals surface area contributed by atoms with E-state index in [4.69, 9.17) is 16.3 Å². The predicted molar refractivity (Wildman–Crippen MR) is 112 cm³/mol. The van der Waals surface area contributed by atoms with Gasteiger partial charge in [0.1, 0.15) is 28.5 Å². The molecule has 1 heterocycles. The highest BCUT2D eigenvalue weighted by atomic mass is 35.5. The van der Waals surface area contributed by atoms with Crippen LogP contribution in [-0.2, 0) is 0 Å². The van der Waals surface area contributed by atoms with Crippen LogP contribution in [0.15, 0.2) is 48.7 Å². The molecule has 0 atom stereocenters. The first kappa shape index (κ1) is 24.0. The van der Waals surface area contributed by atoms with Crippen molar-refractivity contribution in [2.24, 2.45) is 0 Å². The molecule has 0 saturated heterocycles. The monoisotopic (exact) mass is 482 g/mol. The van der Waals surface area contributed by atoms with Crippen LogP contribution in [0.5, 0.6) is 17.2 Å². The number of hydrogen-bond acceptors (Lipinski definition) is 5. The number of pyridine rings is 1. The van der Waals surface area contributed by atoms with E-state index in [0.29, 0.717) is 5.56 Å². The van der Waals surface area contributed by atoms with E-state index >= 15 is 0 Å². The molecule has 1 aromatic heterocycles. The summed E-state index contributed by atoms with van der Waals surface area (Å²) in [5.74, 6) is -3.03. The smallest absolute Gasteiger partial charge is 0.456 e. The van der Waals surface area contributed by atoms with Crippen molar-refractivity contribution in [1.29, 1.82) is 0 Å². The van der Waals surface area contributed by atoms with Crippen molar-refractivity contribution in [2.45, 2.75) is 20.2 Å². The molecule has 2 aromatic carbocycles. The van der Waals surface area contributed by atoms with Gasteiger partial charge < -0.3 is 14.8 Å². The van der Waals surface area contributed by atoms with Crippen LogP contribution in [0.4, 0.5) is 23.2 Å². The Morgan fingerprint density at radius 2 is 1.70 bits per heavy atom. The van der Waals surface area contributed by atoms with Gasteiger partial charge in [-0.3, -0.25) is 14.6 Å². The average molecular weight is 483 g/mol. The third-order valence-electron chi connectivity index (χ3n) is 4.28. The predicted octanol–water partition coefficient (Wildman–Crippen LogP) is 6.33. The molecule has 0 fully saturated rings. The molecule has 0 aliphatic carbocycles. The lowest BCUT2D eigenvalue weighted by atomic mass is 10.1. The molecule has 1 amide bonds. The second-order valence-corrected chi connectivity index (χ2v) is 7.16. The fourth-order valence-corrected chi connectivity index (χ4v) is 2.86. The number of hydrogen-bond donors (Lipinski definition) is 1. The molecule has 11 heteroatoms. The highest BCUT2D eigenvalue weighted by Crippen LogP contribution is 2.33. The number of rotatable bonds is 6. The van der Waals surface area contributed by atoms with E-state index < -0.39 is 29.4 Å². The van der Waals surface area contributed by atoms with Crippen molar-refractivity contribution in [3.05, 3.63) is 76.3 Å². The molecule has 0 aliphatic rings. The highest BCUT2D eigenvalue weighted by Gasteiger charge is 2.31. The highest BCUT2D eigenvalue weighted by molar-refractivity contribution is 6.31. The Hall–Kier alpha value is -3.66. The van der Waals surface area contributed by atoms with Gasteiger partial charge in [-0.25, -0.2) is 4.39 Å². The molecule has 6 nitrogen and oxygen atoms in total. The van der Waals surface area contributed by atoms with Gasteiger partial charge in [0.2, 0.25) is 0 Å². The fraction of sp³-hybridized carbons (Fsp3) is 0.136. The van der Waals surface area contributed by atoms with E-state index in [0.717, 1.165) is 30.3 Å². The number of carbonyl (C=O) groups excluding carboxylic acids is 2. The summed E-state index contributed by atoms with van der Waals surface area (Å²) in [5.41, 5.74) is 0.288. The third-order valence-corrected chi connectivity index (χ3v) is 4.57. The van der Waals surface area contributed by atoms with Crippen molar-refractivity contribution >= 4 is 29.0 Å². The second-order valence-electron chi connectivity index (χ2n) is 6.75. The first-order valence-corrected chi connectivity index (χ1v) is 9.63. The number of nitrogens with zero attached hydrogens (tertiary/aromatic N) is 1. The van der Waals surface area contributed by atoms with E-state index in [9.17, 15) is 27.2 Å². The minimum Gasteiger partial charge on any atom is -0.456 e. The molecule has 0 saturated carbocycles. The van der Waals surface area contributed by atoms with Crippen LogP contribution < -0.4 is 14.8 Å². The van der Waals surface area contributed by atoms with Gasteiger partial charge in [0, 0.05) is 18.8 Å². The van der Waals surface area contributed by atoms with Crippen molar-refractivity contribution in [3.63, 3.8) is 0 Å². The topological polar surface area (TPSA) is 77.5 Å². The number of benzene rings is 2. The number of alkyl halides is 3. The quantitative estimate of drug-likeness (QED) is 0.328. The summed E-state index contributed by atoms with van der Waals surface area (Å²) in [5, 5.41) is 2.15. The third kappa shape index (κ3) is 5.98. The summed E-state index contributed by atoms with van der Waals surface area (Å²) in [7, 11) is 0. The van der Waals surface area contributed by atoms with E-state index in [1.165, 1.54) is 25.3 Å². The maximum Gasteiger partial charge on any atom is 0.573 e. The summed E-state index contributed by atoms with van der Waals surface area (Å²) >= 11 is 5.83. The lowest BCUT2D eigenvalue weighted by molar-refractivity contribution is -0.274. The number of aryl methyl sites for hydroxylation is 1. The van der Waals surface area contributed by atoms with Gasteiger partial charge in [-0.1, -0.05) is 11.6 Å². The van der Waals surface area contributed by atoms with Crippen LogP contribution >= 0.6 is 11.6 Å². The Morgan fingerprint density at radius 1 is 1.06 bits per heavy atom. The van der Waals surface area contributed by atoms with Crippen molar-refractivity contribution in [3.8, 4) is 17.2 Å². The second kappa shape index (κ2) is 9.45. The molecule has 172 valence electrons. The maximum absolute atomic E-state index is 14.8. The standard InChI is InChI=1S/C22H15ClF4N2O4/c1-11-10-28-17(12(2)30)9-16(11)29-21(31)19-18(8-7-15(23)20(19)24)32-13-3-5-14(6-4-13)33-22(25,26)27/h3-10H,1-2H3,(H,28,29,31). The van der Waals surface area contributed by atoms with Crippen molar-refractivity contribution in [2.75, 3.05) is 5.32 Å². The van der Waals surface area contributed by atoms with Crippen LogP contribution in [0.25, 0.3) is 0 Å². The van der Waals surface area contributed by atoms with Gasteiger partial charge >= 0.3 is 6.36 Å². The number of ketones is 1. The Kier molecular flexibility index (Phi) is 6.87. The number of amides is 1. The molecule has 0 unspecified atom stereocenters. The number of aromatic nitrogens is 1. The van der Waals surface area contributed by atoms with Crippen molar-refractivity contribution in [1.82, 2.24) is 4.98 Å². The first-order valence-electron chi connectivity index (χ1n) is 9.25. The Labute approximate surface area is 190 Å². The molecule has 0 aliphatic heterocycles. The first-order chi connectivity index (χ1) is 15.4. The summed E-state index contributed by atoms with van der Waals surface area (Å²) in [4.78, 5) is 28.4. The summed E-state index contributed by atoms with van der Waals surface area (Å²) in [6, 6.07) is 8.05. The molecule has 3 aromatic rings. The Bertz CT molecular complexity index is 1210. The number of anilines is 1. The number of carbonyl (C=O) groups is 2. The molecule has 33 heavy (non-hydrogen) atoms. The zero-order chi connectivity index (χ0) is 24.3. The fourth-order valence-electron chi connectivity index (χ4n) is 2.70. The minimum atomic E-state index is -4.86. The number of halogens is 5. The normalized spacial score (nSPS) is 11.1. The SMILES string of the molecule is CC(=O)c1cc(NC(=O)c2c(Oc3ccc(OC(F)(F)F)cc3)ccc(Cl)c2F)c(C)cn1. The lowest BCUT2D eigenvalue weighted by Gasteiger charge is -2.15. The van der Waals surface area contributed by atoms with Crippen LogP contribution in [0.1, 0.15) is 33.3 Å². The zero-order valence-electron chi connectivity index (χ0n) is 17.1. The molecule has 1 N–H and O–H groups in total. The Morgan fingerprint density at radius 3 is 2.30 bits per heavy atom. The van der Waals surface area contributed by atoms with Gasteiger partial charge in [0.25, 0.3) is 5.91 Å².